The average Bonchev–Trinajstić information content (AvgIpc) is 2.84. The Hall–Kier alpha value is -4.32. The minimum absolute atomic E-state index is 0.261. The lowest BCUT2D eigenvalue weighted by Gasteiger charge is -2.12. The van der Waals surface area contributed by atoms with E-state index in [2.05, 4.69) is 5.32 Å². The zero-order valence-corrected chi connectivity index (χ0v) is 18.0. The number of nitrogen functional groups attached to an aromatic ring is 1. The van der Waals surface area contributed by atoms with Crippen molar-refractivity contribution in [3.63, 3.8) is 0 Å². The Labute approximate surface area is 191 Å². The van der Waals surface area contributed by atoms with Gasteiger partial charge in [0.05, 0.1) is 18.5 Å². The molecule has 0 radical (unpaired) electrons. The van der Waals surface area contributed by atoms with Crippen molar-refractivity contribution in [3.05, 3.63) is 108 Å². The van der Waals surface area contributed by atoms with Crippen molar-refractivity contribution in [1.29, 1.82) is 0 Å². The first kappa shape index (κ1) is 21.9. The number of ether oxygens (including phenoxy) is 2. The normalized spacial score (nSPS) is 10.5. The predicted molar refractivity (Wildman–Crippen MR) is 128 cm³/mol. The van der Waals surface area contributed by atoms with E-state index in [1.807, 2.05) is 42.5 Å². The third-order valence-electron chi connectivity index (χ3n) is 5.14. The van der Waals surface area contributed by atoms with Gasteiger partial charge in [0.25, 0.3) is 5.91 Å². The molecule has 0 aliphatic carbocycles. The van der Waals surface area contributed by atoms with Gasteiger partial charge in [-0.05, 0) is 77.4 Å². The molecule has 4 rings (SSSR count). The molecule has 166 valence electrons. The number of hydrogen-bond donors (Lipinski definition) is 2. The predicted octanol–water partition coefficient (Wildman–Crippen LogP) is 5.91. The van der Waals surface area contributed by atoms with Gasteiger partial charge in [-0.15, -0.1) is 0 Å². The van der Waals surface area contributed by atoms with E-state index in [0.29, 0.717) is 28.4 Å². The van der Waals surface area contributed by atoms with E-state index in [1.54, 1.807) is 43.5 Å². The molecule has 33 heavy (non-hydrogen) atoms. The summed E-state index contributed by atoms with van der Waals surface area (Å²) in [6.45, 7) is 0.278. The molecule has 3 N–H and O–H groups in total. The van der Waals surface area contributed by atoms with Crippen LogP contribution in [0.2, 0.25) is 0 Å². The number of halogens is 1. The van der Waals surface area contributed by atoms with E-state index in [4.69, 9.17) is 15.2 Å². The van der Waals surface area contributed by atoms with Crippen molar-refractivity contribution in [2.75, 3.05) is 18.2 Å². The fourth-order valence-corrected chi connectivity index (χ4v) is 3.32. The number of nitrogens with one attached hydrogen (secondary N) is 1. The molecule has 0 spiro atoms. The van der Waals surface area contributed by atoms with Crippen LogP contribution in [0, 0.1) is 5.82 Å². The molecule has 0 saturated carbocycles. The Balaban J connectivity index is 1.45. The lowest BCUT2D eigenvalue weighted by atomic mass is 10.0. The molecule has 0 unspecified atom stereocenters. The highest BCUT2D eigenvalue weighted by Crippen LogP contribution is 2.29. The Kier molecular flexibility index (Phi) is 6.55. The molecule has 0 heterocycles. The van der Waals surface area contributed by atoms with Crippen LogP contribution in [0.15, 0.2) is 91.0 Å². The Morgan fingerprint density at radius 2 is 1.58 bits per heavy atom. The number of nitrogens with two attached hydrogens (primary N) is 1. The quantitative estimate of drug-likeness (QED) is 0.349. The number of amides is 1. The minimum atomic E-state index is -0.287. The lowest BCUT2D eigenvalue weighted by molar-refractivity contribution is 0.102. The molecule has 4 aromatic carbocycles. The van der Waals surface area contributed by atoms with Crippen molar-refractivity contribution < 1.29 is 18.7 Å². The maximum atomic E-state index is 13.3. The van der Waals surface area contributed by atoms with Crippen LogP contribution in [-0.4, -0.2) is 13.0 Å². The maximum Gasteiger partial charge on any atom is 0.255 e. The van der Waals surface area contributed by atoms with Gasteiger partial charge in [0.2, 0.25) is 0 Å². The molecular formula is C27H23FN2O3. The van der Waals surface area contributed by atoms with Crippen LogP contribution in [-0.2, 0) is 6.61 Å². The molecule has 0 bridgehead atoms. The van der Waals surface area contributed by atoms with Crippen molar-refractivity contribution >= 4 is 17.3 Å². The highest BCUT2D eigenvalue weighted by molar-refractivity contribution is 6.06. The third-order valence-corrected chi connectivity index (χ3v) is 5.14. The topological polar surface area (TPSA) is 73.6 Å². The molecule has 6 heteroatoms. The molecule has 0 aliphatic heterocycles. The molecule has 0 aliphatic rings. The molecule has 0 atom stereocenters. The summed E-state index contributed by atoms with van der Waals surface area (Å²) in [7, 11) is 1.57. The Morgan fingerprint density at radius 3 is 2.27 bits per heavy atom. The SMILES string of the molecule is COc1ccc(C(=O)Nc2cc(-c3ccc(OCc4cccc(F)c4)cc3)ccc2N)cc1. The largest absolute Gasteiger partial charge is 0.497 e. The van der Waals surface area contributed by atoms with E-state index < -0.39 is 0 Å². The second-order valence-electron chi connectivity index (χ2n) is 7.43. The van der Waals surface area contributed by atoms with Gasteiger partial charge in [0.15, 0.2) is 0 Å². The third kappa shape index (κ3) is 5.49. The van der Waals surface area contributed by atoms with Crippen molar-refractivity contribution in [3.8, 4) is 22.6 Å². The van der Waals surface area contributed by atoms with Gasteiger partial charge in [0.1, 0.15) is 23.9 Å². The van der Waals surface area contributed by atoms with Crippen LogP contribution >= 0.6 is 0 Å². The van der Waals surface area contributed by atoms with E-state index in [9.17, 15) is 9.18 Å². The van der Waals surface area contributed by atoms with Crippen LogP contribution in [0.1, 0.15) is 15.9 Å². The first-order valence-corrected chi connectivity index (χ1v) is 10.3. The summed E-state index contributed by atoms with van der Waals surface area (Å²) < 4.78 is 24.2. The number of anilines is 2. The number of carbonyl (C=O) groups excluding carboxylic acids is 1. The van der Waals surface area contributed by atoms with Gasteiger partial charge < -0.3 is 20.5 Å². The van der Waals surface area contributed by atoms with Gasteiger partial charge in [0, 0.05) is 5.56 Å². The van der Waals surface area contributed by atoms with Crippen LogP contribution < -0.4 is 20.5 Å². The van der Waals surface area contributed by atoms with Gasteiger partial charge in [-0.1, -0.05) is 30.3 Å². The van der Waals surface area contributed by atoms with Gasteiger partial charge in [-0.2, -0.15) is 0 Å². The van der Waals surface area contributed by atoms with Crippen LogP contribution in [0.4, 0.5) is 15.8 Å². The second-order valence-corrected chi connectivity index (χ2v) is 7.43. The van der Waals surface area contributed by atoms with E-state index in [1.165, 1.54) is 12.1 Å². The van der Waals surface area contributed by atoms with Crippen molar-refractivity contribution in [2.24, 2.45) is 0 Å². The van der Waals surface area contributed by atoms with Gasteiger partial charge in [-0.25, -0.2) is 4.39 Å². The zero-order chi connectivity index (χ0) is 23.2. The van der Waals surface area contributed by atoms with E-state index in [-0.39, 0.29) is 18.3 Å². The number of hydrogen-bond acceptors (Lipinski definition) is 4. The van der Waals surface area contributed by atoms with Crippen LogP contribution in [0.3, 0.4) is 0 Å². The molecule has 5 nitrogen and oxygen atoms in total. The zero-order valence-electron chi connectivity index (χ0n) is 18.0. The van der Waals surface area contributed by atoms with Gasteiger partial charge in [-0.3, -0.25) is 4.79 Å². The molecule has 0 saturated heterocycles. The first-order chi connectivity index (χ1) is 16.0. The van der Waals surface area contributed by atoms with E-state index in [0.717, 1.165) is 16.7 Å². The molecule has 4 aromatic rings. The fraction of sp³-hybridized carbons (Fsp3) is 0.0741. The number of methoxy groups -OCH3 is 1. The van der Waals surface area contributed by atoms with Crippen LogP contribution in [0.25, 0.3) is 11.1 Å². The smallest absolute Gasteiger partial charge is 0.255 e. The molecule has 0 fully saturated rings. The molecule has 1 amide bonds. The summed E-state index contributed by atoms with van der Waals surface area (Å²) >= 11 is 0. The Bertz CT molecular complexity index is 1260. The summed E-state index contributed by atoms with van der Waals surface area (Å²) in [6, 6.07) is 26.2. The molecule has 0 aromatic heterocycles. The standard InChI is InChI=1S/C27H23FN2O3/c1-32-23-10-7-20(8-11-23)27(31)30-26-16-21(9-14-25(26)29)19-5-12-24(13-6-19)33-17-18-3-2-4-22(28)15-18/h2-16H,17,29H2,1H3,(H,30,31). The van der Waals surface area contributed by atoms with Crippen molar-refractivity contribution in [1.82, 2.24) is 0 Å². The summed E-state index contributed by atoms with van der Waals surface area (Å²) in [5.41, 5.74) is 10.2. The summed E-state index contributed by atoms with van der Waals surface area (Å²) in [4.78, 5) is 12.6. The second kappa shape index (κ2) is 9.87. The summed E-state index contributed by atoms with van der Waals surface area (Å²) in [5, 5.41) is 2.87. The molecular weight excluding hydrogens is 419 g/mol. The summed E-state index contributed by atoms with van der Waals surface area (Å²) in [6.07, 6.45) is 0. The van der Waals surface area contributed by atoms with Gasteiger partial charge >= 0.3 is 0 Å². The number of benzene rings is 4. The average molecular weight is 442 g/mol. The maximum absolute atomic E-state index is 13.3. The van der Waals surface area contributed by atoms with Crippen molar-refractivity contribution in [2.45, 2.75) is 6.61 Å². The fourth-order valence-electron chi connectivity index (χ4n) is 3.32. The monoisotopic (exact) mass is 442 g/mol. The van der Waals surface area contributed by atoms with E-state index >= 15 is 0 Å². The first-order valence-electron chi connectivity index (χ1n) is 10.3. The number of rotatable bonds is 7. The van der Waals surface area contributed by atoms with Crippen LogP contribution in [0.5, 0.6) is 11.5 Å². The highest BCUT2D eigenvalue weighted by Gasteiger charge is 2.10. The minimum Gasteiger partial charge on any atom is -0.497 e. The number of carbonyl (C=O) groups is 1. The Morgan fingerprint density at radius 1 is 0.879 bits per heavy atom. The lowest BCUT2D eigenvalue weighted by Crippen LogP contribution is -2.13. The summed E-state index contributed by atoms with van der Waals surface area (Å²) in [5.74, 6) is 0.801. The highest BCUT2D eigenvalue weighted by atomic mass is 19.1.